The number of nitrogens with one attached hydrogen (secondary N) is 1. The molecule has 0 saturated carbocycles. The van der Waals surface area contributed by atoms with E-state index in [0.29, 0.717) is 0 Å². The Hall–Kier alpha value is -0.790. The minimum Gasteiger partial charge on any atom is -0.360 e. The number of hydrogen-bond acceptors (Lipinski definition) is 6. The number of thiazole rings is 1. The first-order valence-electron chi connectivity index (χ1n) is 4.87. The summed E-state index contributed by atoms with van der Waals surface area (Å²) in [6, 6.07) is 0. The molecule has 0 amide bonds. The molecule has 0 aliphatic rings. The van der Waals surface area contributed by atoms with Gasteiger partial charge in [0.05, 0.1) is 4.88 Å². The number of rotatable bonds is 3. The van der Waals surface area contributed by atoms with E-state index in [0.717, 1.165) is 31.2 Å². The maximum Gasteiger partial charge on any atom is 0.206 e. The zero-order valence-electron chi connectivity index (χ0n) is 9.27. The molecule has 0 bridgehead atoms. The quantitative estimate of drug-likeness (QED) is 0.872. The molecule has 0 aromatic carbocycles. The minimum atomic E-state index is 0.859. The number of hydrogen-bond donors (Lipinski definition) is 1. The molecule has 0 aliphatic heterocycles. The van der Waals surface area contributed by atoms with Crippen molar-refractivity contribution in [2.75, 3.05) is 11.9 Å². The summed E-state index contributed by atoms with van der Waals surface area (Å²) in [5.74, 6) is 0. The van der Waals surface area contributed by atoms with Gasteiger partial charge in [0.2, 0.25) is 5.13 Å². The second-order valence-corrected chi connectivity index (χ2v) is 5.91. The molecule has 0 atom stereocenters. The van der Waals surface area contributed by atoms with E-state index in [9.17, 15) is 0 Å². The van der Waals surface area contributed by atoms with Gasteiger partial charge in [-0.05, 0) is 26.1 Å². The maximum absolute atomic E-state index is 5.24. The molecule has 0 saturated heterocycles. The molecule has 7 heteroatoms. The Kier molecular flexibility index (Phi) is 3.36. The van der Waals surface area contributed by atoms with Crippen molar-refractivity contribution in [2.24, 2.45) is 7.05 Å². The highest BCUT2D eigenvalue weighted by atomic mass is 32.1. The fraction of sp³-hybridized carbons (Fsp3) is 0.444. The summed E-state index contributed by atoms with van der Waals surface area (Å²) in [7, 11) is 1.98. The number of aromatic nitrogens is 3. The van der Waals surface area contributed by atoms with Crippen molar-refractivity contribution in [3.8, 4) is 9.88 Å². The molecule has 0 radical (unpaired) electrons. The molecule has 0 unspecified atom stereocenters. The predicted octanol–water partition coefficient (Wildman–Crippen LogP) is 3.07. The van der Waals surface area contributed by atoms with Crippen molar-refractivity contribution in [3.05, 3.63) is 9.65 Å². The van der Waals surface area contributed by atoms with E-state index >= 15 is 0 Å². The highest BCUT2D eigenvalue weighted by Crippen LogP contribution is 2.33. The summed E-state index contributed by atoms with van der Waals surface area (Å²) in [6.07, 6.45) is 0. The fourth-order valence-electron chi connectivity index (χ4n) is 1.25. The van der Waals surface area contributed by atoms with Gasteiger partial charge >= 0.3 is 0 Å². The average Bonchev–Trinajstić information content (AvgIpc) is 2.80. The first kappa shape index (κ1) is 11.7. The third kappa shape index (κ3) is 2.02. The van der Waals surface area contributed by atoms with E-state index in [2.05, 4.69) is 22.4 Å². The molecule has 86 valence electrons. The van der Waals surface area contributed by atoms with Crippen LogP contribution in [0.4, 0.5) is 5.13 Å². The van der Waals surface area contributed by atoms with Crippen molar-refractivity contribution in [2.45, 2.75) is 13.8 Å². The van der Waals surface area contributed by atoms with E-state index in [-0.39, 0.29) is 0 Å². The molecule has 1 N–H and O–H groups in total. The SMILES string of the molecule is CCNc1nnc(-c2sc(=S)n(C)c2C)s1. The second kappa shape index (κ2) is 4.60. The molecule has 0 aliphatic carbocycles. The van der Waals surface area contributed by atoms with Crippen molar-refractivity contribution in [1.29, 1.82) is 0 Å². The van der Waals surface area contributed by atoms with Gasteiger partial charge in [0.1, 0.15) is 0 Å². The largest absolute Gasteiger partial charge is 0.360 e. The van der Waals surface area contributed by atoms with Gasteiger partial charge in [-0.25, -0.2) is 0 Å². The highest BCUT2D eigenvalue weighted by Gasteiger charge is 2.13. The monoisotopic (exact) mass is 272 g/mol. The zero-order valence-corrected chi connectivity index (χ0v) is 11.7. The third-order valence-corrected chi connectivity index (χ3v) is 4.94. The van der Waals surface area contributed by atoms with E-state index in [1.165, 1.54) is 0 Å². The van der Waals surface area contributed by atoms with Crippen molar-refractivity contribution in [1.82, 2.24) is 14.8 Å². The van der Waals surface area contributed by atoms with Crippen LogP contribution in [-0.4, -0.2) is 21.3 Å². The van der Waals surface area contributed by atoms with Crippen LogP contribution in [0, 0.1) is 10.9 Å². The molecular formula is C9H12N4S3. The van der Waals surface area contributed by atoms with Gasteiger partial charge in [-0.15, -0.1) is 21.5 Å². The normalized spacial score (nSPS) is 10.7. The Balaban J connectivity index is 2.42. The van der Waals surface area contributed by atoms with Gasteiger partial charge in [-0.3, -0.25) is 0 Å². The van der Waals surface area contributed by atoms with Gasteiger partial charge in [0.25, 0.3) is 0 Å². The summed E-state index contributed by atoms with van der Waals surface area (Å²) < 4.78 is 2.87. The van der Waals surface area contributed by atoms with Crippen LogP contribution in [0.15, 0.2) is 0 Å². The Morgan fingerprint density at radius 1 is 1.38 bits per heavy atom. The van der Waals surface area contributed by atoms with Crippen LogP contribution in [0.3, 0.4) is 0 Å². The number of nitrogens with zero attached hydrogens (tertiary/aromatic N) is 3. The Bertz CT molecular complexity index is 551. The van der Waals surface area contributed by atoms with Gasteiger partial charge in [0, 0.05) is 19.3 Å². The van der Waals surface area contributed by atoms with Crippen LogP contribution in [0.5, 0.6) is 0 Å². The molecule has 0 fully saturated rings. The van der Waals surface area contributed by atoms with Crippen LogP contribution >= 0.6 is 34.9 Å². The maximum atomic E-state index is 5.24. The van der Waals surface area contributed by atoms with E-state index in [1.807, 2.05) is 18.5 Å². The second-order valence-electron chi connectivity index (χ2n) is 3.28. The Morgan fingerprint density at radius 2 is 2.12 bits per heavy atom. The van der Waals surface area contributed by atoms with E-state index in [4.69, 9.17) is 12.2 Å². The fourth-order valence-corrected chi connectivity index (χ4v) is 3.56. The van der Waals surface area contributed by atoms with Gasteiger partial charge in [-0.1, -0.05) is 11.3 Å². The van der Waals surface area contributed by atoms with Crippen LogP contribution < -0.4 is 5.32 Å². The predicted molar refractivity (Wildman–Crippen MR) is 71.9 cm³/mol. The third-order valence-electron chi connectivity index (χ3n) is 2.24. The summed E-state index contributed by atoms with van der Waals surface area (Å²) in [4.78, 5) is 1.12. The lowest BCUT2D eigenvalue weighted by Gasteiger charge is -1.95. The lowest BCUT2D eigenvalue weighted by molar-refractivity contribution is 0.875. The molecule has 4 nitrogen and oxygen atoms in total. The first-order chi connectivity index (χ1) is 7.63. The van der Waals surface area contributed by atoms with Gasteiger partial charge < -0.3 is 9.88 Å². The molecule has 16 heavy (non-hydrogen) atoms. The molecule has 2 heterocycles. The van der Waals surface area contributed by atoms with Crippen LogP contribution in [0.1, 0.15) is 12.6 Å². The van der Waals surface area contributed by atoms with Crippen LogP contribution in [0.25, 0.3) is 9.88 Å². The van der Waals surface area contributed by atoms with E-state index < -0.39 is 0 Å². The standard InChI is InChI=1S/C9H12N4S3/c1-4-10-8-12-11-7(16-8)6-5(2)13(3)9(14)15-6/h4H2,1-3H3,(H,10,12). The van der Waals surface area contributed by atoms with Gasteiger partial charge in [0.15, 0.2) is 8.96 Å². The van der Waals surface area contributed by atoms with Gasteiger partial charge in [-0.2, -0.15) is 0 Å². The Labute approximate surface area is 107 Å². The van der Waals surface area contributed by atoms with Crippen LogP contribution in [-0.2, 0) is 7.05 Å². The molecule has 0 spiro atoms. The molecule has 2 aromatic heterocycles. The zero-order chi connectivity index (χ0) is 11.7. The van der Waals surface area contributed by atoms with Crippen LogP contribution in [0.2, 0.25) is 0 Å². The smallest absolute Gasteiger partial charge is 0.206 e. The van der Waals surface area contributed by atoms with Crippen molar-refractivity contribution < 1.29 is 0 Å². The molecule has 2 rings (SSSR count). The first-order valence-corrected chi connectivity index (χ1v) is 6.91. The minimum absolute atomic E-state index is 0.859. The van der Waals surface area contributed by atoms with Crippen molar-refractivity contribution in [3.63, 3.8) is 0 Å². The highest BCUT2D eigenvalue weighted by molar-refractivity contribution is 7.73. The Morgan fingerprint density at radius 3 is 2.69 bits per heavy atom. The average molecular weight is 272 g/mol. The number of anilines is 1. The molecular weight excluding hydrogens is 260 g/mol. The summed E-state index contributed by atoms with van der Waals surface area (Å²) in [6.45, 7) is 4.95. The lowest BCUT2D eigenvalue weighted by Crippen LogP contribution is -1.94. The lowest BCUT2D eigenvalue weighted by atomic mass is 10.4. The summed E-state index contributed by atoms with van der Waals surface area (Å²) >= 11 is 8.39. The summed E-state index contributed by atoms with van der Waals surface area (Å²) in [5.41, 5.74) is 1.15. The van der Waals surface area contributed by atoms with Crippen molar-refractivity contribution >= 4 is 40.0 Å². The topological polar surface area (TPSA) is 42.7 Å². The summed E-state index contributed by atoms with van der Waals surface area (Å²) in [5, 5.41) is 13.2. The van der Waals surface area contributed by atoms with E-state index in [1.54, 1.807) is 22.7 Å². The molecule has 2 aromatic rings.